The first-order valence-electron chi connectivity index (χ1n) is 10.2. The van der Waals surface area contributed by atoms with Gasteiger partial charge in [0.2, 0.25) is 0 Å². The Morgan fingerprint density at radius 2 is 1.76 bits per heavy atom. The number of aliphatic hydroxyl groups is 1. The third kappa shape index (κ3) is 3.87. The maximum Gasteiger partial charge on any atom is 0.300 e. The predicted octanol–water partition coefficient (Wildman–Crippen LogP) is 5.73. The van der Waals surface area contributed by atoms with Gasteiger partial charge in [-0.2, -0.15) is 0 Å². The maximum atomic E-state index is 14.9. The maximum absolute atomic E-state index is 14.9. The summed E-state index contributed by atoms with van der Waals surface area (Å²) in [5.41, 5.74) is 1.93. The Kier molecular flexibility index (Phi) is 5.95. The summed E-state index contributed by atoms with van der Waals surface area (Å²) in [6, 6.07) is 14.5. The van der Waals surface area contributed by atoms with Crippen molar-refractivity contribution in [2.75, 3.05) is 12.0 Å². The van der Waals surface area contributed by atoms with Crippen LogP contribution >= 0.6 is 11.6 Å². The van der Waals surface area contributed by atoms with E-state index in [4.69, 9.17) is 16.3 Å². The number of anilines is 1. The number of aliphatic hydroxyl groups excluding tert-OH is 1. The van der Waals surface area contributed by atoms with Gasteiger partial charge in [-0.25, -0.2) is 4.39 Å². The largest absolute Gasteiger partial charge is 0.507 e. The van der Waals surface area contributed by atoms with Crippen LogP contribution in [0.1, 0.15) is 28.3 Å². The summed E-state index contributed by atoms with van der Waals surface area (Å²) in [5, 5.41) is 11.7. The summed E-state index contributed by atoms with van der Waals surface area (Å²) in [7, 11) is 1.54. The van der Waals surface area contributed by atoms with Gasteiger partial charge in [-0.05, 0) is 61.4 Å². The molecule has 3 aromatic rings. The van der Waals surface area contributed by atoms with Crippen molar-refractivity contribution in [3.8, 4) is 5.75 Å². The van der Waals surface area contributed by atoms with E-state index >= 15 is 0 Å². The Balaban J connectivity index is 2.00. The summed E-state index contributed by atoms with van der Waals surface area (Å²) in [4.78, 5) is 27.5. The van der Waals surface area contributed by atoms with E-state index in [2.05, 4.69) is 0 Å². The predicted molar refractivity (Wildman–Crippen MR) is 125 cm³/mol. The highest BCUT2D eigenvalue weighted by Gasteiger charge is 2.48. The number of nitrogens with zero attached hydrogens (tertiary/aromatic N) is 1. The molecular weight excluding hydrogens is 445 g/mol. The van der Waals surface area contributed by atoms with E-state index < -0.39 is 23.5 Å². The van der Waals surface area contributed by atoms with E-state index in [1.54, 1.807) is 50.2 Å². The van der Waals surface area contributed by atoms with E-state index in [1.807, 2.05) is 0 Å². The molecule has 0 radical (unpaired) electrons. The Morgan fingerprint density at radius 1 is 1.03 bits per heavy atom. The average molecular weight is 466 g/mol. The molecule has 1 unspecified atom stereocenters. The number of halogens is 2. The monoisotopic (exact) mass is 465 g/mol. The molecule has 0 bridgehead atoms. The Labute approximate surface area is 195 Å². The molecule has 1 amide bonds. The highest BCUT2D eigenvalue weighted by molar-refractivity contribution is 6.51. The molecule has 0 aliphatic carbocycles. The molecule has 4 rings (SSSR count). The first-order chi connectivity index (χ1) is 15.7. The number of Topliss-reactive ketones (excluding diaryl/α,β-unsaturated/α-hetero) is 1. The van der Waals surface area contributed by atoms with Crippen LogP contribution in [-0.4, -0.2) is 23.9 Å². The summed E-state index contributed by atoms with van der Waals surface area (Å²) in [6.07, 6.45) is 0. The molecule has 1 saturated heterocycles. The van der Waals surface area contributed by atoms with Crippen molar-refractivity contribution in [2.24, 2.45) is 0 Å². The second kappa shape index (κ2) is 8.71. The number of methoxy groups -OCH3 is 1. The van der Waals surface area contributed by atoms with Crippen molar-refractivity contribution >= 4 is 34.7 Å². The van der Waals surface area contributed by atoms with Crippen molar-refractivity contribution in [1.82, 2.24) is 0 Å². The van der Waals surface area contributed by atoms with Gasteiger partial charge in [0, 0.05) is 21.8 Å². The third-order valence-electron chi connectivity index (χ3n) is 5.73. The van der Waals surface area contributed by atoms with Gasteiger partial charge in [-0.1, -0.05) is 35.9 Å². The average Bonchev–Trinajstić information content (AvgIpc) is 3.05. The number of hydrogen-bond donors (Lipinski definition) is 1. The fourth-order valence-corrected chi connectivity index (χ4v) is 4.31. The number of hydrogen-bond acceptors (Lipinski definition) is 4. The quantitative estimate of drug-likeness (QED) is 0.303. The zero-order valence-corrected chi connectivity index (χ0v) is 19.0. The second-order valence-electron chi connectivity index (χ2n) is 7.81. The molecule has 33 heavy (non-hydrogen) atoms. The molecule has 1 heterocycles. The van der Waals surface area contributed by atoms with Crippen molar-refractivity contribution in [1.29, 1.82) is 0 Å². The summed E-state index contributed by atoms with van der Waals surface area (Å²) in [6.45, 7) is 3.55. The van der Waals surface area contributed by atoms with Crippen molar-refractivity contribution < 1.29 is 23.8 Å². The van der Waals surface area contributed by atoms with E-state index in [0.717, 1.165) is 5.56 Å². The van der Waals surface area contributed by atoms with Crippen LogP contribution in [0.25, 0.3) is 5.76 Å². The van der Waals surface area contributed by atoms with Crippen LogP contribution in [0.4, 0.5) is 10.1 Å². The van der Waals surface area contributed by atoms with Crippen LogP contribution in [0, 0.1) is 19.7 Å². The number of ketones is 1. The van der Waals surface area contributed by atoms with Crippen LogP contribution in [-0.2, 0) is 9.59 Å². The minimum atomic E-state index is -1.17. The lowest BCUT2D eigenvalue weighted by Gasteiger charge is -2.26. The normalized spacial score (nSPS) is 17.5. The molecule has 0 saturated carbocycles. The topological polar surface area (TPSA) is 66.8 Å². The first kappa shape index (κ1) is 22.6. The number of ether oxygens (including phenoxy) is 1. The molecule has 5 nitrogen and oxygen atoms in total. The summed E-state index contributed by atoms with van der Waals surface area (Å²) >= 11 is 6.12. The number of benzene rings is 3. The molecule has 1 fully saturated rings. The molecule has 1 aliphatic heterocycles. The molecule has 1 aliphatic rings. The van der Waals surface area contributed by atoms with Crippen molar-refractivity contribution in [3.63, 3.8) is 0 Å². The number of aryl methyl sites for hydroxylation is 2. The van der Waals surface area contributed by atoms with Gasteiger partial charge in [-0.3, -0.25) is 14.5 Å². The minimum absolute atomic E-state index is 0.0844. The van der Waals surface area contributed by atoms with Crippen molar-refractivity contribution in [2.45, 2.75) is 19.9 Å². The molecule has 1 atom stereocenters. The molecule has 0 aromatic heterocycles. The lowest BCUT2D eigenvalue weighted by atomic mass is 9.92. The van der Waals surface area contributed by atoms with Crippen molar-refractivity contribution in [3.05, 3.63) is 99.3 Å². The highest BCUT2D eigenvalue weighted by atomic mass is 35.5. The van der Waals surface area contributed by atoms with Gasteiger partial charge in [0.05, 0.1) is 18.7 Å². The fraction of sp³-hybridized carbons (Fsp3) is 0.154. The zero-order chi connectivity index (χ0) is 23.9. The van der Waals surface area contributed by atoms with Gasteiger partial charge >= 0.3 is 0 Å². The van der Waals surface area contributed by atoms with Crippen LogP contribution in [0.2, 0.25) is 5.02 Å². The highest BCUT2D eigenvalue weighted by Crippen LogP contribution is 2.44. The number of carbonyl (C=O) groups is 2. The molecule has 0 spiro atoms. The molecule has 3 aromatic carbocycles. The lowest BCUT2D eigenvalue weighted by Crippen LogP contribution is -2.29. The van der Waals surface area contributed by atoms with Crippen LogP contribution in [0.15, 0.2) is 66.2 Å². The van der Waals surface area contributed by atoms with Gasteiger partial charge in [-0.15, -0.1) is 0 Å². The molecule has 1 N–H and O–H groups in total. The zero-order valence-electron chi connectivity index (χ0n) is 18.2. The number of rotatable bonds is 4. The molecule has 7 heteroatoms. The molecular formula is C26H21ClFNO4. The standard InChI is InChI=1S/C26H21ClFNO4/c1-14-12-21(33-3)15(2)11-19(14)24(30)22-23(18-9-4-5-10-20(18)28)29(26(32)25(22)31)17-8-6-7-16(27)13-17/h4-13,23,30H,1-3H3/b24-22+. The SMILES string of the molecule is COc1cc(C)c(/C(O)=C2\C(=O)C(=O)N(c3cccc(Cl)c3)C2c2ccccc2F)cc1C. The van der Waals surface area contributed by atoms with E-state index in [0.29, 0.717) is 27.6 Å². The summed E-state index contributed by atoms with van der Waals surface area (Å²) in [5.74, 6) is -2.16. The molecule has 168 valence electrons. The van der Waals surface area contributed by atoms with Crippen LogP contribution in [0.5, 0.6) is 5.75 Å². The first-order valence-corrected chi connectivity index (χ1v) is 10.6. The smallest absolute Gasteiger partial charge is 0.300 e. The Hall–Kier alpha value is -3.64. The second-order valence-corrected chi connectivity index (χ2v) is 8.24. The third-order valence-corrected chi connectivity index (χ3v) is 5.96. The Bertz CT molecular complexity index is 1320. The number of carbonyl (C=O) groups excluding carboxylic acids is 2. The van der Waals surface area contributed by atoms with Gasteiger partial charge < -0.3 is 9.84 Å². The number of amides is 1. The fourth-order valence-electron chi connectivity index (χ4n) is 4.13. The van der Waals surface area contributed by atoms with Gasteiger partial charge in [0.15, 0.2) is 0 Å². The van der Waals surface area contributed by atoms with Crippen LogP contribution < -0.4 is 9.64 Å². The van der Waals surface area contributed by atoms with E-state index in [-0.39, 0.29) is 16.9 Å². The van der Waals surface area contributed by atoms with E-state index in [9.17, 15) is 19.1 Å². The summed E-state index contributed by atoms with van der Waals surface area (Å²) < 4.78 is 20.3. The van der Waals surface area contributed by atoms with E-state index in [1.165, 1.54) is 36.3 Å². The van der Waals surface area contributed by atoms with Gasteiger partial charge in [0.25, 0.3) is 11.7 Å². The van der Waals surface area contributed by atoms with Crippen LogP contribution in [0.3, 0.4) is 0 Å². The minimum Gasteiger partial charge on any atom is -0.507 e. The Morgan fingerprint density at radius 3 is 2.42 bits per heavy atom. The lowest BCUT2D eigenvalue weighted by molar-refractivity contribution is -0.132. The van der Waals surface area contributed by atoms with Gasteiger partial charge in [0.1, 0.15) is 17.3 Å².